The van der Waals surface area contributed by atoms with Gasteiger partial charge in [-0.05, 0) is 27.7 Å². The zero-order chi connectivity index (χ0) is 7.94. The summed E-state index contributed by atoms with van der Waals surface area (Å²) >= 11 is 0. The average Bonchev–Trinajstić information content (AvgIpc) is 1.97. The van der Waals surface area contributed by atoms with Crippen LogP contribution in [0, 0.1) is 5.41 Å². The second-order valence-electron chi connectivity index (χ2n) is 3.63. The van der Waals surface area contributed by atoms with Gasteiger partial charge in [0.05, 0.1) is 0 Å². The Hall–Kier alpha value is -0.590. The molecule has 0 unspecified atom stereocenters. The molecule has 1 rings (SSSR count). The molecule has 0 bridgehead atoms. The molecule has 0 aromatic carbocycles. The van der Waals surface area contributed by atoms with Crippen LogP contribution in [0.25, 0.3) is 0 Å². The number of hydrogen-bond acceptors (Lipinski definition) is 1. The minimum atomic E-state index is -0.177. The van der Waals surface area contributed by atoms with Crippen LogP contribution in [0.2, 0.25) is 0 Å². The van der Waals surface area contributed by atoms with E-state index in [-0.39, 0.29) is 5.41 Å². The number of Topliss-reactive ketones (excluding diaryl/α,β-unsaturated/α-hetero) is 1. The molecular formula is C9H14O. The molecular weight excluding hydrogens is 124 g/mol. The van der Waals surface area contributed by atoms with Gasteiger partial charge in [0.25, 0.3) is 0 Å². The van der Waals surface area contributed by atoms with E-state index in [0.717, 1.165) is 0 Å². The molecule has 0 amide bonds. The van der Waals surface area contributed by atoms with Gasteiger partial charge in [0.1, 0.15) is 5.78 Å². The first-order chi connectivity index (χ1) is 4.46. The topological polar surface area (TPSA) is 17.1 Å². The Bertz CT molecular complexity index is 209. The molecule has 1 aliphatic rings. The summed E-state index contributed by atoms with van der Waals surface area (Å²) in [7, 11) is 0. The first-order valence-corrected chi connectivity index (χ1v) is 3.66. The number of hydrogen-bond donors (Lipinski definition) is 0. The van der Waals surface area contributed by atoms with Crippen molar-refractivity contribution in [2.75, 3.05) is 0 Å². The van der Waals surface area contributed by atoms with Crippen LogP contribution in [0.1, 0.15) is 34.1 Å². The highest BCUT2D eigenvalue weighted by molar-refractivity contribution is 5.92. The Balaban J connectivity index is 3.06. The highest BCUT2D eigenvalue weighted by Gasteiger charge is 2.35. The van der Waals surface area contributed by atoms with E-state index >= 15 is 0 Å². The highest BCUT2D eigenvalue weighted by Crippen LogP contribution is 2.38. The summed E-state index contributed by atoms with van der Waals surface area (Å²) < 4.78 is 0. The molecule has 1 aliphatic carbocycles. The Morgan fingerprint density at radius 1 is 1.30 bits per heavy atom. The largest absolute Gasteiger partial charge is 0.298 e. The zero-order valence-corrected chi connectivity index (χ0v) is 7.12. The first-order valence-electron chi connectivity index (χ1n) is 3.66. The predicted molar refractivity (Wildman–Crippen MR) is 41.8 cm³/mol. The Labute approximate surface area is 62.1 Å². The van der Waals surface area contributed by atoms with Crippen molar-refractivity contribution >= 4 is 5.78 Å². The van der Waals surface area contributed by atoms with Crippen LogP contribution < -0.4 is 0 Å². The summed E-state index contributed by atoms with van der Waals surface area (Å²) in [6.45, 7) is 8.10. The Morgan fingerprint density at radius 2 is 1.80 bits per heavy atom. The van der Waals surface area contributed by atoms with E-state index in [1.54, 1.807) is 0 Å². The minimum Gasteiger partial charge on any atom is -0.298 e. The molecule has 0 heterocycles. The predicted octanol–water partition coefficient (Wildman–Crippen LogP) is 2.32. The van der Waals surface area contributed by atoms with E-state index in [1.165, 1.54) is 11.1 Å². The molecule has 0 saturated heterocycles. The van der Waals surface area contributed by atoms with Crippen LogP contribution in [0.3, 0.4) is 0 Å². The molecule has 0 atom stereocenters. The van der Waals surface area contributed by atoms with E-state index < -0.39 is 0 Å². The lowest BCUT2D eigenvalue weighted by atomic mass is 9.85. The second-order valence-corrected chi connectivity index (χ2v) is 3.63. The number of carbonyl (C=O) groups is 1. The monoisotopic (exact) mass is 138 g/mol. The standard InChI is InChI=1S/C9H14O/c1-6-5-8(10)9(3,4)7(6)2/h5H2,1-4H3. The van der Waals surface area contributed by atoms with Gasteiger partial charge < -0.3 is 0 Å². The van der Waals surface area contributed by atoms with Crippen LogP contribution in [-0.2, 0) is 4.79 Å². The van der Waals surface area contributed by atoms with Crippen LogP contribution in [-0.4, -0.2) is 5.78 Å². The molecule has 0 saturated carbocycles. The third kappa shape index (κ3) is 0.808. The highest BCUT2D eigenvalue weighted by atomic mass is 16.1. The van der Waals surface area contributed by atoms with Crippen molar-refractivity contribution in [1.82, 2.24) is 0 Å². The lowest BCUT2D eigenvalue weighted by Gasteiger charge is -2.17. The summed E-state index contributed by atoms with van der Waals surface area (Å²) in [6, 6.07) is 0. The molecule has 56 valence electrons. The number of carbonyl (C=O) groups excluding carboxylic acids is 1. The zero-order valence-electron chi connectivity index (χ0n) is 7.12. The van der Waals surface area contributed by atoms with Crippen molar-refractivity contribution < 1.29 is 4.79 Å². The van der Waals surface area contributed by atoms with E-state index in [2.05, 4.69) is 6.92 Å². The molecule has 0 N–H and O–H groups in total. The maximum atomic E-state index is 11.3. The van der Waals surface area contributed by atoms with Crippen molar-refractivity contribution in [3.63, 3.8) is 0 Å². The number of allylic oxidation sites excluding steroid dienone is 2. The van der Waals surface area contributed by atoms with E-state index in [0.29, 0.717) is 12.2 Å². The smallest absolute Gasteiger partial charge is 0.146 e. The first kappa shape index (κ1) is 7.52. The van der Waals surface area contributed by atoms with Crippen LogP contribution >= 0.6 is 0 Å². The summed E-state index contributed by atoms with van der Waals surface area (Å²) in [6.07, 6.45) is 0.666. The van der Waals surface area contributed by atoms with E-state index in [1.807, 2.05) is 20.8 Å². The van der Waals surface area contributed by atoms with Crippen molar-refractivity contribution in [2.24, 2.45) is 5.41 Å². The van der Waals surface area contributed by atoms with Gasteiger partial charge in [0.2, 0.25) is 0 Å². The quantitative estimate of drug-likeness (QED) is 0.469. The fourth-order valence-electron chi connectivity index (χ4n) is 1.34. The molecule has 0 aromatic rings. The van der Waals surface area contributed by atoms with Gasteiger partial charge in [-0.2, -0.15) is 0 Å². The second kappa shape index (κ2) is 1.94. The average molecular weight is 138 g/mol. The lowest BCUT2D eigenvalue weighted by Crippen LogP contribution is -2.19. The third-order valence-corrected chi connectivity index (χ3v) is 2.70. The molecule has 1 heteroatoms. The summed E-state index contributed by atoms with van der Waals surface area (Å²) in [5, 5.41) is 0. The maximum absolute atomic E-state index is 11.3. The van der Waals surface area contributed by atoms with E-state index in [4.69, 9.17) is 0 Å². The van der Waals surface area contributed by atoms with E-state index in [9.17, 15) is 4.79 Å². The van der Waals surface area contributed by atoms with Crippen molar-refractivity contribution in [2.45, 2.75) is 34.1 Å². The minimum absolute atomic E-state index is 0.177. The van der Waals surface area contributed by atoms with Gasteiger partial charge in [-0.15, -0.1) is 0 Å². The van der Waals surface area contributed by atoms with Crippen LogP contribution in [0.15, 0.2) is 11.1 Å². The maximum Gasteiger partial charge on any atom is 0.146 e. The van der Waals surface area contributed by atoms with Gasteiger partial charge >= 0.3 is 0 Å². The van der Waals surface area contributed by atoms with Gasteiger partial charge in [-0.1, -0.05) is 11.1 Å². The third-order valence-electron chi connectivity index (χ3n) is 2.70. The van der Waals surface area contributed by atoms with Crippen LogP contribution in [0.4, 0.5) is 0 Å². The summed E-state index contributed by atoms with van der Waals surface area (Å²) in [5.41, 5.74) is 2.34. The molecule has 0 aromatic heterocycles. The van der Waals surface area contributed by atoms with Gasteiger partial charge in [-0.25, -0.2) is 0 Å². The SMILES string of the molecule is CC1=C(C)C(C)(C)C(=O)C1. The summed E-state index contributed by atoms with van der Waals surface area (Å²) in [4.78, 5) is 11.3. The number of ketones is 1. The molecule has 1 nitrogen and oxygen atoms in total. The van der Waals surface area contributed by atoms with Crippen molar-refractivity contribution in [3.8, 4) is 0 Å². The molecule has 0 radical (unpaired) electrons. The lowest BCUT2D eigenvalue weighted by molar-refractivity contribution is -0.123. The number of rotatable bonds is 0. The Kier molecular flexibility index (Phi) is 1.46. The van der Waals surface area contributed by atoms with Gasteiger partial charge in [0, 0.05) is 11.8 Å². The molecule has 0 fully saturated rings. The molecule has 10 heavy (non-hydrogen) atoms. The fraction of sp³-hybridized carbons (Fsp3) is 0.667. The normalized spacial score (nSPS) is 24.2. The van der Waals surface area contributed by atoms with Gasteiger partial charge in [0.15, 0.2) is 0 Å². The Morgan fingerprint density at radius 3 is 1.90 bits per heavy atom. The molecule has 0 spiro atoms. The van der Waals surface area contributed by atoms with Crippen molar-refractivity contribution in [3.05, 3.63) is 11.1 Å². The van der Waals surface area contributed by atoms with Gasteiger partial charge in [-0.3, -0.25) is 4.79 Å². The van der Waals surface area contributed by atoms with Crippen molar-refractivity contribution in [1.29, 1.82) is 0 Å². The molecule has 0 aliphatic heterocycles. The fourth-order valence-corrected chi connectivity index (χ4v) is 1.34. The summed E-state index contributed by atoms with van der Waals surface area (Å²) in [5.74, 6) is 0.363. The van der Waals surface area contributed by atoms with Crippen LogP contribution in [0.5, 0.6) is 0 Å².